The monoisotopic (exact) mass is 382 g/mol. The minimum absolute atomic E-state index is 0.949. The summed E-state index contributed by atoms with van der Waals surface area (Å²) in [4.78, 5) is 0. The lowest BCUT2D eigenvalue weighted by Crippen LogP contribution is -2.14. The maximum Gasteiger partial charge on any atom is -0.0177 e. The average Bonchev–Trinajstić information content (AvgIpc) is 2.78. The second-order valence-corrected chi connectivity index (χ2v) is 8.85. The number of aryl methyl sites for hydroxylation is 1. The SMILES string of the molecule is C/C=C/c1ccc2cc(-c3ccc(CCC4CCC(CC)CC4)cc3)ccc2c1. The van der Waals surface area contributed by atoms with Crippen LogP contribution in [-0.4, -0.2) is 0 Å². The van der Waals surface area contributed by atoms with E-state index in [1.54, 1.807) is 0 Å². The highest BCUT2D eigenvalue weighted by molar-refractivity contribution is 5.89. The van der Waals surface area contributed by atoms with Crippen molar-refractivity contribution in [2.45, 2.75) is 58.8 Å². The van der Waals surface area contributed by atoms with Gasteiger partial charge in [0, 0.05) is 0 Å². The van der Waals surface area contributed by atoms with Crippen LogP contribution in [0.3, 0.4) is 0 Å². The number of benzene rings is 3. The van der Waals surface area contributed by atoms with E-state index in [1.807, 2.05) is 0 Å². The summed E-state index contributed by atoms with van der Waals surface area (Å²) in [6.45, 7) is 4.41. The fraction of sp³-hybridized carbons (Fsp3) is 0.379. The Morgan fingerprint density at radius 1 is 0.759 bits per heavy atom. The molecule has 1 fully saturated rings. The van der Waals surface area contributed by atoms with Crippen molar-refractivity contribution in [1.82, 2.24) is 0 Å². The molecule has 0 spiro atoms. The number of allylic oxidation sites excluding steroid dienone is 1. The van der Waals surface area contributed by atoms with Crippen LogP contribution in [0.4, 0.5) is 0 Å². The molecule has 1 aliphatic rings. The number of hydrogen-bond acceptors (Lipinski definition) is 0. The van der Waals surface area contributed by atoms with Gasteiger partial charge in [-0.15, -0.1) is 0 Å². The molecular formula is C29H34. The van der Waals surface area contributed by atoms with Crippen LogP contribution in [0.1, 0.15) is 63.5 Å². The van der Waals surface area contributed by atoms with Crippen LogP contribution in [0, 0.1) is 11.8 Å². The van der Waals surface area contributed by atoms with Gasteiger partial charge in [0.15, 0.2) is 0 Å². The minimum Gasteiger partial charge on any atom is -0.0871 e. The molecule has 0 N–H and O–H groups in total. The van der Waals surface area contributed by atoms with Crippen molar-refractivity contribution >= 4 is 16.8 Å². The highest BCUT2D eigenvalue weighted by Gasteiger charge is 2.19. The zero-order chi connectivity index (χ0) is 20.1. The highest BCUT2D eigenvalue weighted by Crippen LogP contribution is 2.33. The van der Waals surface area contributed by atoms with Gasteiger partial charge in [-0.25, -0.2) is 0 Å². The van der Waals surface area contributed by atoms with E-state index >= 15 is 0 Å². The molecule has 0 nitrogen and oxygen atoms in total. The summed E-state index contributed by atoms with van der Waals surface area (Å²) in [6.07, 6.45) is 14.0. The van der Waals surface area contributed by atoms with Crippen molar-refractivity contribution in [3.05, 3.63) is 77.9 Å². The maximum absolute atomic E-state index is 2.35. The van der Waals surface area contributed by atoms with Gasteiger partial charge in [-0.2, -0.15) is 0 Å². The Kier molecular flexibility index (Phi) is 6.49. The van der Waals surface area contributed by atoms with Crippen LogP contribution >= 0.6 is 0 Å². The fourth-order valence-corrected chi connectivity index (χ4v) is 4.90. The summed E-state index contributed by atoms with van der Waals surface area (Å²) >= 11 is 0. The molecule has 3 aromatic rings. The number of fused-ring (bicyclic) bond motifs is 1. The Morgan fingerprint density at radius 3 is 2.14 bits per heavy atom. The molecule has 3 aromatic carbocycles. The van der Waals surface area contributed by atoms with E-state index in [2.05, 4.69) is 86.7 Å². The van der Waals surface area contributed by atoms with Gasteiger partial charge >= 0.3 is 0 Å². The third kappa shape index (κ3) is 4.99. The summed E-state index contributed by atoms with van der Waals surface area (Å²) in [5, 5.41) is 2.61. The second kappa shape index (κ2) is 9.44. The van der Waals surface area contributed by atoms with Crippen LogP contribution < -0.4 is 0 Å². The first-order valence-electron chi connectivity index (χ1n) is 11.5. The summed E-state index contributed by atoms with van der Waals surface area (Å²) in [5.41, 5.74) is 5.38. The number of hydrogen-bond donors (Lipinski definition) is 0. The Bertz CT molecular complexity index is 953. The van der Waals surface area contributed by atoms with Crippen LogP contribution in [0.5, 0.6) is 0 Å². The summed E-state index contributed by atoms with van der Waals surface area (Å²) < 4.78 is 0. The van der Waals surface area contributed by atoms with Gasteiger partial charge in [0.2, 0.25) is 0 Å². The van der Waals surface area contributed by atoms with Crippen molar-refractivity contribution in [2.75, 3.05) is 0 Å². The molecule has 0 aliphatic heterocycles. The van der Waals surface area contributed by atoms with Crippen molar-refractivity contribution in [2.24, 2.45) is 11.8 Å². The van der Waals surface area contributed by atoms with Gasteiger partial charge in [0.25, 0.3) is 0 Å². The van der Waals surface area contributed by atoms with Crippen molar-refractivity contribution in [1.29, 1.82) is 0 Å². The minimum atomic E-state index is 0.949. The molecule has 1 saturated carbocycles. The molecule has 0 saturated heterocycles. The van der Waals surface area contributed by atoms with E-state index in [1.165, 1.54) is 78.0 Å². The van der Waals surface area contributed by atoms with Crippen LogP contribution in [-0.2, 0) is 6.42 Å². The van der Waals surface area contributed by atoms with Gasteiger partial charge in [0.05, 0.1) is 0 Å². The smallest absolute Gasteiger partial charge is 0.0177 e. The van der Waals surface area contributed by atoms with E-state index in [0.717, 1.165) is 11.8 Å². The van der Waals surface area contributed by atoms with Gasteiger partial charge in [-0.05, 0) is 76.8 Å². The maximum atomic E-state index is 2.35. The van der Waals surface area contributed by atoms with Crippen molar-refractivity contribution < 1.29 is 0 Å². The van der Waals surface area contributed by atoms with Gasteiger partial charge in [-0.3, -0.25) is 0 Å². The summed E-state index contributed by atoms with van der Waals surface area (Å²) in [7, 11) is 0. The molecule has 0 radical (unpaired) electrons. The molecule has 0 amide bonds. The Morgan fingerprint density at radius 2 is 1.41 bits per heavy atom. The second-order valence-electron chi connectivity index (χ2n) is 8.85. The zero-order valence-electron chi connectivity index (χ0n) is 18.0. The van der Waals surface area contributed by atoms with E-state index < -0.39 is 0 Å². The quantitative estimate of drug-likeness (QED) is 0.400. The standard InChI is InChI=1S/C29H34/c1-3-5-25-14-17-29-21-28(19-18-27(29)20-25)26-15-12-24(13-16-26)11-10-23-8-6-22(4-2)7-9-23/h3,5,12-23H,4,6-11H2,1-2H3/b5-3+. The molecule has 150 valence electrons. The topological polar surface area (TPSA) is 0 Å². The van der Waals surface area contributed by atoms with E-state index in [4.69, 9.17) is 0 Å². The van der Waals surface area contributed by atoms with Crippen molar-refractivity contribution in [3.63, 3.8) is 0 Å². The van der Waals surface area contributed by atoms with Crippen LogP contribution in [0.2, 0.25) is 0 Å². The first-order chi connectivity index (χ1) is 14.2. The normalized spacial score (nSPS) is 19.8. The molecule has 0 atom stereocenters. The van der Waals surface area contributed by atoms with Crippen LogP contribution in [0.15, 0.2) is 66.7 Å². The molecule has 0 heterocycles. The van der Waals surface area contributed by atoms with Gasteiger partial charge in [-0.1, -0.05) is 99.7 Å². The van der Waals surface area contributed by atoms with E-state index in [9.17, 15) is 0 Å². The summed E-state index contributed by atoms with van der Waals surface area (Å²) in [5.74, 6) is 1.95. The lowest BCUT2D eigenvalue weighted by Gasteiger charge is -2.27. The lowest BCUT2D eigenvalue weighted by atomic mass is 9.78. The highest BCUT2D eigenvalue weighted by atomic mass is 14.2. The molecular weight excluding hydrogens is 348 g/mol. The predicted octanol–water partition coefficient (Wildman–Crippen LogP) is 8.69. The molecule has 0 bridgehead atoms. The molecule has 1 aliphatic carbocycles. The van der Waals surface area contributed by atoms with Crippen LogP contribution in [0.25, 0.3) is 28.0 Å². The average molecular weight is 383 g/mol. The van der Waals surface area contributed by atoms with E-state index in [-0.39, 0.29) is 0 Å². The van der Waals surface area contributed by atoms with E-state index in [0.29, 0.717) is 0 Å². The predicted molar refractivity (Wildman–Crippen MR) is 128 cm³/mol. The van der Waals surface area contributed by atoms with Gasteiger partial charge < -0.3 is 0 Å². The van der Waals surface area contributed by atoms with Crippen molar-refractivity contribution in [3.8, 4) is 11.1 Å². The third-order valence-electron chi connectivity index (χ3n) is 6.90. The fourth-order valence-electron chi connectivity index (χ4n) is 4.90. The first kappa shape index (κ1) is 20.0. The Hall–Kier alpha value is -2.34. The molecule has 4 rings (SSSR count). The lowest BCUT2D eigenvalue weighted by molar-refractivity contribution is 0.259. The first-order valence-corrected chi connectivity index (χ1v) is 11.5. The molecule has 0 aromatic heterocycles. The zero-order valence-corrected chi connectivity index (χ0v) is 18.0. The third-order valence-corrected chi connectivity index (χ3v) is 6.90. The molecule has 0 unspecified atom stereocenters. The van der Waals surface area contributed by atoms with Gasteiger partial charge in [0.1, 0.15) is 0 Å². The number of rotatable bonds is 6. The molecule has 29 heavy (non-hydrogen) atoms. The largest absolute Gasteiger partial charge is 0.0871 e. The summed E-state index contributed by atoms with van der Waals surface area (Å²) in [6, 6.07) is 22.8. The Balaban J connectivity index is 1.40. The molecule has 0 heteroatoms. The Labute approximate surface area is 176 Å².